The third-order valence-corrected chi connectivity index (χ3v) is 3.11. The molecule has 1 spiro atoms. The summed E-state index contributed by atoms with van der Waals surface area (Å²) in [6.07, 6.45) is 3.32. The van der Waals surface area contributed by atoms with Crippen molar-refractivity contribution in [2.45, 2.75) is 25.4 Å². The summed E-state index contributed by atoms with van der Waals surface area (Å²) in [5.74, 6) is 1.42. The molecule has 0 amide bonds. The molecule has 15 heavy (non-hydrogen) atoms. The molecular formula is C12H12O3. The molecule has 0 saturated carbocycles. The molecule has 0 bridgehead atoms. The van der Waals surface area contributed by atoms with Gasteiger partial charge in [-0.1, -0.05) is 0 Å². The molecule has 1 unspecified atom stereocenters. The van der Waals surface area contributed by atoms with Crippen LogP contribution in [0.4, 0.5) is 0 Å². The first-order chi connectivity index (χ1) is 7.11. The Labute approximate surface area is 87.6 Å². The van der Waals surface area contributed by atoms with Gasteiger partial charge in [0.1, 0.15) is 17.3 Å². The minimum atomic E-state index is -0.519. The Hall–Kier alpha value is -1.64. The van der Waals surface area contributed by atoms with Crippen molar-refractivity contribution in [2.24, 2.45) is 0 Å². The van der Waals surface area contributed by atoms with Crippen LogP contribution in [-0.4, -0.2) is 15.8 Å². The zero-order valence-corrected chi connectivity index (χ0v) is 8.45. The van der Waals surface area contributed by atoms with Gasteiger partial charge in [0, 0.05) is 12.5 Å². The minimum absolute atomic E-state index is 0.277. The molecule has 0 radical (unpaired) electrons. The number of phenols is 1. The van der Waals surface area contributed by atoms with E-state index in [9.17, 15) is 10.2 Å². The van der Waals surface area contributed by atoms with Gasteiger partial charge in [0.15, 0.2) is 5.60 Å². The lowest BCUT2D eigenvalue weighted by Crippen LogP contribution is -2.28. The van der Waals surface area contributed by atoms with E-state index >= 15 is 0 Å². The second-order valence-corrected chi connectivity index (χ2v) is 4.27. The largest absolute Gasteiger partial charge is 0.508 e. The van der Waals surface area contributed by atoms with Gasteiger partial charge in [-0.2, -0.15) is 0 Å². The summed E-state index contributed by atoms with van der Waals surface area (Å²) < 4.78 is 5.77. The number of benzene rings is 1. The second kappa shape index (κ2) is 2.48. The highest BCUT2D eigenvalue weighted by Crippen LogP contribution is 2.47. The summed E-state index contributed by atoms with van der Waals surface area (Å²) in [6, 6.07) is 3.41. The molecule has 0 fully saturated rings. The number of fused-ring (bicyclic) bond motifs is 1. The van der Waals surface area contributed by atoms with E-state index in [4.69, 9.17) is 4.74 Å². The number of aliphatic hydroxyl groups is 1. The van der Waals surface area contributed by atoms with Gasteiger partial charge in [0.25, 0.3) is 0 Å². The van der Waals surface area contributed by atoms with E-state index < -0.39 is 5.60 Å². The number of hydrogen-bond donors (Lipinski definition) is 2. The Balaban J connectivity index is 2.03. The molecule has 3 rings (SSSR count). The molecule has 2 aliphatic rings. The standard InChI is InChI=1S/C12H12O3/c1-7-4-9(13)5-8-2-3-12(6-10(12)14)15-11(7)8/h4-6,13-14H,2-3H2,1H3. The first-order valence-corrected chi connectivity index (χ1v) is 5.04. The average molecular weight is 204 g/mol. The number of phenolic OH excluding ortho intramolecular Hbond substituents is 1. The highest BCUT2D eigenvalue weighted by atomic mass is 16.5. The molecule has 1 aromatic rings. The Bertz CT molecular complexity index is 476. The summed E-state index contributed by atoms with van der Waals surface area (Å²) in [4.78, 5) is 0. The van der Waals surface area contributed by atoms with Gasteiger partial charge in [-0.05, 0) is 36.6 Å². The predicted molar refractivity (Wildman–Crippen MR) is 55.2 cm³/mol. The van der Waals surface area contributed by atoms with Gasteiger partial charge < -0.3 is 14.9 Å². The third-order valence-electron chi connectivity index (χ3n) is 3.11. The summed E-state index contributed by atoms with van der Waals surface area (Å²) in [5, 5.41) is 18.8. The molecule has 1 heterocycles. The highest BCUT2D eigenvalue weighted by Gasteiger charge is 2.49. The monoisotopic (exact) mass is 204 g/mol. The normalized spacial score (nSPS) is 26.9. The van der Waals surface area contributed by atoms with E-state index in [1.807, 2.05) is 6.92 Å². The zero-order chi connectivity index (χ0) is 10.6. The lowest BCUT2D eigenvalue weighted by atomic mass is 9.97. The fraction of sp³-hybridized carbons (Fsp3) is 0.333. The Kier molecular flexibility index (Phi) is 1.43. The van der Waals surface area contributed by atoms with Crippen molar-refractivity contribution >= 4 is 0 Å². The average Bonchev–Trinajstić information content (AvgIpc) is 2.78. The molecule has 78 valence electrons. The van der Waals surface area contributed by atoms with Crippen LogP contribution in [0, 0.1) is 6.92 Å². The van der Waals surface area contributed by atoms with Crippen LogP contribution in [0.3, 0.4) is 0 Å². The summed E-state index contributed by atoms with van der Waals surface area (Å²) in [5.41, 5.74) is 1.41. The van der Waals surface area contributed by atoms with Crippen LogP contribution in [0.5, 0.6) is 11.5 Å². The van der Waals surface area contributed by atoms with E-state index in [0.717, 1.165) is 29.7 Å². The molecule has 3 nitrogen and oxygen atoms in total. The fourth-order valence-corrected chi connectivity index (χ4v) is 2.18. The number of aryl methyl sites for hydroxylation is 2. The van der Waals surface area contributed by atoms with E-state index in [2.05, 4.69) is 0 Å². The maximum absolute atomic E-state index is 9.45. The van der Waals surface area contributed by atoms with Crippen molar-refractivity contribution in [2.75, 3.05) is 0 Å². The maximum atomic E-state index is 9.45. The molecule has 1 atom stereocenters. The smallest absolute Gasteiger partial charge is 0.187 e. The van der Waals surface area contributed by atoms with Gasteiger partial charge in [-0.25, -0.2) is 0 Å². The number of rotatable bonds is 0. The summed E-state index contributed by atoms with van der Waals surface area (Å²) in [6.45, 7) is 1.90. The fourth-order valence-electron chi connectivity index (χ4n) is 2.18. The van der Waals surface area contributed by atoms with E-state index in [1.54, 1.807) is 18.2 Å². The molecule has 1 aliphatic carbocycles. The Morgan fingerprint density at radius 1 is 1.33 bits per heavy atom. The van der Waals surface area contributed by atoms with Crippen LogP contribution in [-0.2, 0) is 6.42 Å². The van der Waals surface area contributed by atoms with Crippen LogP contribution < -0.4 is 4.74 Å². The van der Waals surface area contributed by atoms with Crippen molar-refractivity contribution in [3.8, 4) is 11.5 Å². The molecule has 0 saturated heterocycles. The molecule has 3 heteroatoms. The van der Waals surface area contributed by atoms with Crippen LogP contribution in [0.1, 0.15) is 17.5 Å². The van der Waals surface area contributed by atoms with Crippen molar-refractivity contribution in [3.63, 3.8) is 0 Å². The minimum Gasteiger partial charge on any atom is -0.508 e. The molecular weight excluding hydrogens is 192 g/mol. The topological polar surface area (TPSA) is 49.7 Å². The number of ether oxygens (including phenoxy) is 1. The SMILES string of the molecule is Cc1cc(O)cc2c1OC1(C=C1O)CC2. The van der Waals surface area contributed by atoms with Crippen LogP contribution >= 0.6 is 0 Å². The lowest BCUT2D eigenvalue weighted by molar-refractivity contribution is 0.135. The first kappa shape index (κ1) is 8.65. The number of aliphatic hydroxyl groups excluding tert-OH is 1. The van der Waals surface area contributed by atoms with E-state index in [0.29, 0.717) is 5.76 Å². The highest BCUT2D eigenvalue weighted by molar-refractivity contribution is 5.52. The Morgan fingerprint density at radius 3 is 2.73 bits per heavy atom. The van der Waals surface area contributed by atoms with Crippen molar-refractivity contribution in [3.05, 3.63) is 35.1 Å². The van der Waals surface area contributed by atoms with Crippen LogP contribution in [0.2, 0.25) is 0 Å². The van der Waals surface area contributed by atoms with Gasteiger partial charge in [-0.3, -0.25) is 0 Å². The number of hydrogen-bond acceptors (Lipinski definition) is 3. The van der Waals surface area contributed by atoms with Gasteiger partial charge in [0.05, 0.1) is 0 Å². The molecule has 1 aromatic carbocycles. The van der Waals surface area contributed by atoms with Gasteiger partial charge >= 0.3 is 0 Å². The zero-order valence-electron chi connectivity index (χ0n) is 8.45. The van der Waals surface area contributed by atoms with Crippen molar-refractivity contribution in [1.82, 2.24) is 0 Å². The second-order valence-electron chi connectivity index (χ2n) is 4.27. The first-order valence-electron chi connectivity index (χ1n) is 5.04. The number of aromatic hydroxyl groups is 1. The van der Waals surface area contributed by atoms with Crippen LogP contribution in [0.15, 0.2) is 24.0 Å². The molecule has 2 N–H and O–H groups in total. The lowest BCUT2D eigenvalue weighted by Gasteiger charge is -2.27. The van der Waals surface area contributed by atoms with E-state index in [1.165, 1.54) is 0 Å². The molecule has 1 aliphatic heterocycles. The van der Waals surface area contributed by atoms with Crippen molar-refractivity contribution < 1.29 is 14.9 Å². The van der Waals surface area contributed by atoms with Gasteiger partial charge in [-0.15, -0.1) is 0 Å². The third kappa shape index (κ3) is 1.12. The Morgan fingerprint density at radius 2 is 2.07 bits per heavy atom. The van der Waals surface area contributed by atoms with Crippen molar-refractivity contribution in [1.29, 1.82) is 0 Å². The predicted octanol–water partition coefficient (Wildman–Crippen LogP) is 2.22. The quantitative estimate of drug-likeness (QED) is 0.681. The summed E-state index contributed by atoms with van der Waals surface area (Å²) in [7, 11) is 0. The maximum Gasteiger partial charge on any atom is 0.187 e. The van der Waals surface area contributed by atoms with Gasteiger partial charge in [0.2, 0.25) is 0 Å². The summed E-state index contributed by atoms with van der Waals surface area (Å²) >= 11 is 0. The van der Waals surface area contributed by atoms with Crippen LogP contribution in [0.25, 0.3) is 0 Å². The molecule has 0 aromatic heterocycles. The van der Waals surface area contributed by atoms with E-state index in [-0.39, 0.29) is 5.75 Å².